The Morgan fingerprint density at radius 1 is 0.389 bits per heavy atom. The first-order valence-corrected chi connectivity index (χ1v) is 26.3. The Balaban J connectivity index is 1.41. The van der Waals surface area contributed by atoms with E-state index in [4.69, 9.17) is 0 Å². The molecule has 5 heteroatoms. The normalized spacial score (nSPS) is 13.4. The molecule has 0 radical (unpaired) electrons. The van der Waals surface area contributed by atoms with Crippen LogP contribution in [-0.4, -0.2) is 22.9 Å². The number of aryl methyl sites for hydroxylation is 1. The summed E-state index contributed by atoms with van der Waals surface area (Å²) in [6.07, 6.45) is 0. The Kier molecular flexibility index (Phi) is 8.22. The summed E-state index contributed by atoms with van der Waals surface area (Å²) in [5.74, 6) is 0. The Morgan fingerprint density at radius 2 is 0.778 bits per heavy atom. The minimum Gasteiger partial charge on any atom is -0.311 e. The van der Waals surface area contributed by atoms with Crippen molar-refractivity contribution in [1.29, 1.82) is 0 Å². The lowest BCUT2D eigenvalue weighted by molar-refractivity contribution is 1.24. The van der Waals surface area contributed by atoms with Gasteiger partial charge < -0.3 is 9.80 Å². The van der Waals surface area contributed by atoms with Crippen molar-refractivity contribution >= 4 is 83.7 Å². The van der Waals surface area contributed by atoms with Gasteiger partial charge in [-0.15, -0.1) is 0 Å². The number of anilines is 6. The van der Waals surface area contributed by atoms with Gasteiger partial charge >= 0.3 is 0 Å². The van der Waals surface area contributed by atoms with Gasteiger partial charge in [-0.05, 0) is 76.4 Å². The van der Waals surface area contributed by atoms with Crippen LogP contribution in [0.2, 0.25) is 39.3 Å². The molecule has 2 heterocycles. The van der Waals surface area contributed by atoms with E-state index in [1.165, 1.54) is 88.7 Å². The summed E-state index contributed by atoms with van der Waals surface area (Å²) in [5.41, 5.74) is 17.8. The van der Waals surface area contributed by atoms with Crippen molar-refractivity contribution in [3.63, 3.8) is 0 Å². The number of benzene rings is 7. The molecule has 0 saturated heterocycles. The third-order valence-electron chi connectivity index (χ3n) is 11.4. The van der Waals surface area contributed by atoms with Crippen molar-refractivity contribution in [3.8, 4) is 22.3 Å². The summed E-state index contributed by atoms with van der Waals surface area (Å²) in [5, 5.41) is 2.99. The molecule has 2 aliphatic rings. The van der Waals surface area contributed by atoms with Crippen LogP contribution in [-0.2, 0) is 0 Å². The largest absolute Gasteiger partial charge is 0.311 e. The van der Waals surface area contributed by atoms with Crippen LogP contribution in [0.4, 0.5) is 34.1 Å². The fraction of sp³-hybridized carbons (Fsp3) is 0.143. The Bertz CT molecular complexity index is 2380. The van der Waals surface area contributed by atoms with Crippen LogP contribution >= 0.6 is 0 Å². The van der Waals surface area contributed by atoms with Gasteiger partial charge in [-0.25, -0.2) is 0 Å². The van der Waals surface area contributed by atoms with Crippen LogP contribution in [0.25, 0.3) is 22.3 Å². The first kappa shape index (κ1) is 34.4. The topological polar surface area (TPSA) is 6.48 Å². The Hall–Kier alpha value is -5.36. The van der Waals surface area contributed by atoms with E-state index in [1.54, 1.807) is 0 Å². The first-order chi connectivity index (χ1) is 26.0. The molecule has 264 valence electrons. The quantitative estimate of drug-likeness (QED) is 0.157. The van der Waals surface area contributed by atoms with Crippen LogP contribution in [0, 0.1) is 6.92 Å². The number of nitrogens with zero attached hydrogens (tertiary/aromatic N) is 2. The third-order valence-corrected chi connectivity index (χ3v) is 15.5. The molecule has 7 aromatic carbocycles. The van der Waals surface area contributed by atoms with Crippen LogP contribution in [0.1, 0.15) is 5.56 Å². The monoisotopic (exact) mass is 730 g/mol. The summed E-state index contributed by atoms with van der Waals surface area (Å²) in [6, 6.07) is 59.5. The van der Waals surface area contributed by atoms with Crippen molar-refractivity contribution < 1.29 is 0 Å². The molecule has 0 aliphatic carbocycles. The minimum atomic E-state index is -1.66. The molecule has 0 spiro atoms. The minimum absolute atomic E-state index is 0.0912. The highest BCUT2D eigenvalue weighted by Crippen LogP contribution is 2.48. The highest BCUT2D eigenvalue weighted by molar-refractivity contribution is 7.01. The van der Waals surface area contributed by atoms with E-state index >= 15 is 0 Å². The number of rotatable bonds is 6. The number of hydrogen-bond donors (Lipinski definition) is 0. The second-order valence-corrected chi connectivity index (χ2v) is 27.3. The average molecular weight is 731 g/mol. The van der Waals surface area contributed by atoms with Crippen molar-refractivity contribution in [1.82, 2.24) is 0 Å². The van der Waals surface area contributed by atoms with Crippen molar-refractivity contribution in [2.45, 2.75) is 46.2 Å². The maximum Gasteiger partial charge on any atom is 0.252 e. The fourth-order valence-electron chi connectivity index (χ4n) is 8.66. The van der Waals surface area contributed by atoms with Crippen molar-refractivity contribution in [2.24, 2.45) is 0 Å². The molecule has 0 bridgehead atoms. The zero-order chi connectivity index (χ0) is 37.4. The molecule has 9 rings (SSSR count). The molecule has 54 heavy (non-hydrogen) atoms. The summed E-state index contributed by atoms with van der Waals surface area (Å²) < 4.78 is 0. The molecule has 0 fully saturated rings. The van der Waals surface area contributed by atoms with Crippen molar-refractivity contribution in [2.75, 3.05) is 9.80 Å². The summed E-state index contributed by atoms with van der Waals surface area (Å²) >= 11 is 0. The molecule has 0 aromatic heterocycles. The lowest BCUT2D eigenvalue weighted by Gasteiger charge is -2.45. The van der Waals surface area contributed by atoms with E-state index in [0.29, 0.717) is 0 Å². The standard InChI is InChI=1S/C49H47BN2Si2/c1-34-30-47-49-48(31-34)52(44-25-17-15-23-40(44)36-20-12-9-13-21-36)46-29-27-38(54(5,6)7)33-42(46)50(49)41-32-37(53(2,3)4)26-28-45(41)51(47)43-24-16-14-22-39(43)35-18-10-8-11-19-35/h8-33H,1-7H3. The van der Waals surface area contributed by atoms with E-state index in [-0.39, 0.29) is 6.71 Å². The van der Waals surface area contributed by atoms with E-state index in [9.17, 15) is 0 Å². The molecule has 0 amide bonds. The highest BCUT2D eigenvalue weighted by atomic mass is 28.3. The fourth-order valence-corrected chi connectivity index (χ4v) is 11.0. The van der Waals surface area contributed by atoms with Gasteiger partial charge in [-0.3, -0.25) is 0 Å². The zero-order valence-corrected chi connectivity index (χ0v) is 34.5. The van der Waals surface area contributed by atoms with Gasteiger partial charge in [0.1, 0.15) is 0 Å². The number of para-hydroxylation sites is 2. The number of fused-ring (bicyclic) bond motifs is 4. The summed E-state index contributed by atoms with van der Waals surface area (Å²) in [4.78, 5) is 5.17. The molecule has 0 saturated carbocycles. The predicted octanol–water partition coefficient (Wildman–Crippen LogP) is 10.5. The Morgan fingerprint density at radius 3 is 1.19 bits per heavy atom. The first-order valence-electron chi connectivity index (χ1n) is 19.3. The maximum absolute atomic E-state index is 2.59. The molecular weight excluding hydrogens is 684 g/mol. The number of hydrogen-bond acceptors (Lipinski definition) is 2. The lowest BCUT2D eigenvalue weighted by Crippen LogP contribution is -2.63. The van der Waals surface area contributed by atoms with Crippen LogP contribution in [0.15, 0.2) is 158 Å². The van der Waals surface area contributed by atoms with Crippen LogP contribution < -0.4 is 36.6 Å². The second kappa shape index (κ2) is 12.9. The predicted molar refractivity (Wildman–Crippen MR) is 242 cm³/mol. The third kappa shape index (κ3) is 5.69. The van der Waals surface area contributed by atoms with Gasteiger partial charge in [0.2, 0.25) is 0 Å². The lowest BCUT2D eigenvalue weighted by atomic mass is 9.33. The molecular formula is C49H47BN2Si2. The summed E-state index contributed by atoms with van der Waals surface area (Å²) in [7, 11) is -3.32. The van der Waals surface area contributed by atoms with E-state index < -0.39 is 16.1 Å². The zero-order valence-electron chi connectivity index (χ0n) is 32.5. The van der Waals surface area contributed by atoms with Gasteiger partial charge in [0.25, 0.3) is 6.71 Å². The molecule has 0 unspecified atom stereocenters. The second-order valence-electron chi connectivity index (χ2n) is 17.1. The molecule has 2 aliphatic heterocycles. The van der Waals surface area contributed by atoms with Gasteiger partial charge in [0.15, 0.2) is 0 Å². The van der Waals surface area contributed by atoms with Crippen LogP contribution in [0.3, 0.4) is 0 Å². The smallest absolute Gasteiger partial charge is 0.252 e. The molecule has 0 atom stereocenters. The van der Waals surface area contributed by atoms with Crippen LogP contribution in [0.5, 0.6) is 0 Å². The van der Waals surface area contributed by atoms with E-state index in [1.807, 2.05) is 0 Å². The molecule has 7 aromatic rings. The Labute approximate surface area is 323 Å². The molecule has 2 nitrogen and oxygen atoms in total. The average Bonchev–Trinajstić information content (AvgIpc) is 3.17. The van der Waals surface area contributed by atoms with Crippen molar-refractivity contribution in [3.05, 3.63) is 163 Å². The van der Waals surface area contributed by atoms with Gasteiger partial charge in [-0.2, -0.15) is 0 Å². The van der Waals surface area contributed by atoms with Gasteiger partial charge in [-0.1, -0.05) is 171 Å². The summed E-state index contributed by atoms with van der Waals surface area (Å²) in [6.45, 7) is 17.2. The molecule has 0 N–H and O–H groups in total. The van der Waals surface area contributed by atoms with Gasteiger partial charge in [0.05, 0.1) is 27.5 Å². The van der Waals surface area contributed by atoms with Gasteiger partial charge in [0, 0.05) is 33.9 Å². The SMILES string of the molecule is Cc1cc2c3c(c1)N(c1ccccc1-c1ccccc1)c1ccc([Si](C)(C)C)cc1B3c1cc([Si](C)(C)C)ccc1N2c1ccccc1-c1ccccc1. The van der Waals surface area contributed by atoms with E-state index in [2.05, 4.69) is 214 Å². The maximum atomic E-state index is 2.59. The highest BCUT2D eigenvalue weighted by Gasteiger charge is 2.45. The van der Waals surface area contributed by atoms with E-state index in [0.717, 1.165) is 0 Å².